The smallest absolute Gasteiger partial charge is 0.329 e. The Kier molecular flexibility index (Phi) is 4.74. The first kappa shape index (κ1) is 13.8. The second kappa shape index (κ2) is 5.86. The minimum atomic E-state index is -1.20. The third-order valence-electron chi connectivity index (χ3n) is 3.24. The third kappa shape index (κ3) is 3.89. The van der Waals surface area contributed by atoms with Crippen LogP contribution in [-0.2, 0) is 4.79 Å². The molecule has 1 saturated heterocycles. The molecule has 0 aromatic rings. The standard InChI is InChI=1S/C11H21N3O3/c1-3-11(2,9(15)16)14-10(17)13-8-4-6-12-7-5-8/h8,12H,3-7H2,1-2H3,(H,15,16)(H2,13,14,17). The van der Waals surface area contributed by atoms with Gasteiger partial charge in [-0.05, 0) is 39.3 Å². The Balaban J connectivity index is 2.44. The highest BCUT2D eigenvalue weighted by molar-refractivity contribution is 5.85. The topological polar surface area (TPSA) is 90.5 Å². The quantitative estimate of drug-likeness (QED) is 0.571. The van der Waals surface area contributed by atoms with E-state index in [2.05, 4.69) is 16.0 Å². The zero-order valence-corrected chi connectivity index (χ0v) is 10.4. The summed E-state index contributed by atoms with van der Waals surface area (Å²) in [4.78, 5) is 22.7. The minimum Gasteiger partial charge on any atom is -0.480 e. The summed E-state index contributed by atoms with van der Waals surface area (Å²) in [6, 6.07) is -0.269. The summed E-state index contributed by atoms with van der Waals surface area (Å²) in [5, 5.41) is 17.6. The van der Waals surface area contributed by atoms with Crippen LogP contribution in [0.5, 0.6) is 0 Å². The number of aliphatic carboxylic acids is 1. The van der Waals surface area contributed by atoms with Crippen molar-refractivity contribution in [2.45, 2.75) is 44.7 Å². The molecule has 6 heteroatoms. The molecule has 0 aromatic carbocycles. The van der Waals surface area contributed by atoms with Gasteiger partial charge in [0.25, 0.3) is 0 Å². The summed E-state index contributed by atoms with van der Waals surface area (Å²) in [7, 11) is 0. The molecule has 0 radical (unpaired) electrons. The molecule has 2 amide bonds. The summed E-state index contributed by atoms with van der Waals surface area (Å²) in [6.07, 6.45) is 2.11. The van der Waals surface area contributed by atoms with E-state index >= 15 is 0 Å². The second-order valence-electron chi connectivity index (χ2n) is 4.61. The Morgan fingerprint density at radius 2 is 2.00 bits per heavy atom. The number of hydrogen-bond donors (Lipinski definition) is 4. The van der Waals surface area contributed by atoms with Gasteiger partial charge in [-0.2, -0.15) is 0 Å². The molecule has 0 aliphatic carbocycles. The van der Waals surface area contributed by atoms with Crippen molar-refractivity contribution in [2.75, 3.05) is 13.1 Å². The van der Waals surface area contributed by atoms with Crippen LogP contribution in [0.4, 0.5) is 4.79 Å². The monoisotopic (exact) mass is 243 g/mol. The maximum Gasteiger partial charge on any atom is 0.329 e. The fourth-order valence-corrected chi connectivity index (χ4v) is 1.73. The molecule has 17 heavy (non-hydrogen) atoms. The lowest BCUT2D eigenvalue weighted by Gasteiger charge is -2.28. The van der Waals surface area contributed by atoms with E-state index in [9.17, 15) is 9.59 Å². The van der Waals surface area contributed by atoms with Crippen molar-refractivity contribution in [3.05, 3.63) is 0 Å². The van der Waals surface area contributed by atoms with Crippen LogP contribution in [0, 0.1) is 0 Å². The van der Waals surface area contributed by atoms with Gasteiger partial charge in [0.1, 0.15) is 5.54 Å². The first-order chi connectivity index (χ1) is 7.98. The number of carboxylic acids is 1. The van der Waals surface area contributed by atoms with Crippen molar-refractivity contribution >= 4 is 12.0 Å². The van der Waals surface area contributed by atoms with Crippen molar-refractivity contribution in [1.82, 2.24) is 16.0 Å². The van der Waals surface area contributed by atoms with Gasteiger partial charge in [-0.3, -0.25) is 0 Å². The molecular formula is C11H21N3O3. The highest BCUT2D eigenvalue weighted by atomic mass is 16.4. The fourth-order valence-electron chi connectivity index (χ4n) is 1.73. The Morgan fingerprint density at radius 3 is 2.47 bits per heavy atom. The predicted octanol–water partition coefficient (Wildman–Crippen LogP) is 0.291. The fraction of sp³-hybridized carbons (Fsp3) is 0.818. The number of carbonyl (C=O) groups is 2. The van der Waals surface area contributed by atoms with Crippen LogP contribution >= 0.6 is 0 Å². The maximum atomic E-state index is 11.7. The number of hydrogen-bond acceptors (Lipinski definition) is 3. The molecule has 1 unspecified atom stereocenters. The Labute approximate surface area is 101 Å². The Hall–Kier alpha value is -1.30. The van der Waals surface area contributed by atoms with Crippen LogP contribution in [0.15, 0.2) is 0 Å². The van der Waals surface area contributed by atoms with Crippen LogP contribution in [-0.4, -0.2) is 41.8 Å². The molecular weight excluding hydrogens is 222 g/mol. The van der Waals surface area contributed by atoms with Crippen molar-refractivity contribution in [3.63, 3.8) is 0 Å². The lowest BCUT2D eigenvalue weighted by Crippen LogP contribution is -2.57. The van der Waals surface area contributed by atoms with Crippen molar-refractivity contribution < 1.29 is 14.7 Å². The first-order valence-corrected chi connectivity index (χ1v) is 6.00. The van der Waals surface area contributed by atoms with Crippen LogP contribution < -0.4 is 16.0 Å². The lowest BCUT2D eigenvalue weighted by molar-refractivity contribution is -0.143. The van der Waals surface area contributed by atoms with E-state index in [-0.39, 0.29) is 6.04 Å². The van der Waals surface area contributed by atoms with Crippen LogP contribution in [0.25, 0.3) is 0 Å². The Morgan fingerprint density at radius 1 is 1.41 bits per heavy atom. The lowest BCUT2D eigenvalue weighted by atomic mass is 9.99. The molecule has 1 atom stereocenters. The molecule has 0 saturated carbocycles. The van der Waals surface area contributed by atoms with Gasteiger partial charge in [0.15, 0.2) is 0 Å². The predicted molar refractivity (Wildman–Crippen MR) is 63.9 cm³/mol. The molecule has 98 valence electrons. The van der Waals surface area contributed by atoms with Gasteiger partial charge in [0.05, 0.1) is 0 Å². The summed E-state index contributed by atoms with van der Waals surface area (Å²) < 4.78 is 0. The highest BCUT2D eigenvalue weighted by Gasteiger charge is 2.33. The summed E-state index contributed by atoms with van der Waals surface area (Å²) in [6.45, 7) is 5.01. The van der Waals surface area contributed by atoms with E-state index in [0.29, 0.717) is 6.42 Å². The second-order valence-corrected chi connectivity index (χ2v) is 4.61. The van der Waals surface area contributed by atoms with Gasteiger partial charge in [-0.1, -0.05) is 6.92 Å². The van der Waals surface area contributed by atoms with E-state index in [1.165, 1.54) is 6.92 Å². The van der Waals surface area contributed by atoms with E-state index in [1.54, 1.807) is 6.92 Å². The van der Waals surface area contributed by atoms with Gasteiger partial charge in [-0.25, -0.2) is 9.59 Å². The number of nitrogens with one attached hydrogen (secondary N) is 3. The molecule has 0 bridgehead atoms. The van der Waals surface area contributed by atoms with Crippen molar-refractivity contribution in [2.24, 2.45) is 0 Å². The van der Waals surface area contributed by atoms with Gasteiger partial charge in [0.2, 0.25) is 0 Å². The number of piperidine rings is 1. The van der Waals surface area contributed by atoms with E-state index in [0.717, 1.165) is 25.9 Å². The number of carboxylic acid groups (broad SMARTS) is 1. The first-order valence-electron chi connectivity index (χ1n) is 6.00. The third-order valence-corrected chi connectivity index (χ3v) is 3.24. The molecule has 1 heterocycles. The molecule has 4 N–H and O–H groups in total. The molecule has 1 fully saturated rings. The number of rotatable bonds is 4. The van der Waals surface area contributed by atoms with Crippen LogP contribution in [0.1, 0.15) is 33.1 Å². The number of amides is 2. The van der Waals surface area contributed by atoms with Gasteiger partial charge in [0, 0.05) is 6.04 Å². The van der Waals surface area contributed by atoms with Crippen LogP contribution in [0.3, 0.4) is 0 Å². The summed E-state index contributed by atoms with van der Waals surface area (Å²) in [5.41, 5.74) is -1.20. The number of urea groups is 1. The average Bonchev–Trinajstić information content (AvgIpc) is 2.29. The van der Waals surface area contributed by atoms with Crippen molar-refractivity contribution in [3.8, 4) is 0 Å². The SMILES string of the molecule is CCC(C)(NC(=O)NC1CCNCC1)C(=O)O. The Bertz CT molecular complexity index is 290. The van der Waals surface area contributed by atoms with Crippen LogP contribution in [0.2, 0.25) is 0 Å². The maximum absolute atomic E-state index is 11.7. The molecule has 1 rings (SSSR count). The zero-order chi connectivity index (χ0) is 12.9. The van der Waals surface area contributed by atoms with Gasteiger partial charge >= 0.3 is 12.0 Å². The summed E-state index contributed by atoms with van der Waals surface area (Å²) >= 11 is 0. The zero-order valence-electron chi connectivity index (χ0n) is 10.4. The molecule has 0 aromatic heterocycles. The normalized spacial score (nSPS) is 20.4. The molecule has 1 aliphatic heterocycles. The van der Waals surface area contributed by atoms with E-state index in [4.69, 9.17) is 5.11 Å². The van der Waals surface area contributed by atoms with E-state index in [1.807, 2.05) is 0 Å². The molecule has 1 aliphatic rings. The largest absolute Gasteiger partial charge is 0.480 e. The molecule has 0 spiro atoms. The number of carbonyl (C=O) groups excluding carboxylic acids is 1. The van der Waals surface area contributed by atoms with Gasteiger partial charge in [-0.15, -0.1) is 0 Å². The minimum absolute atomic E-state index is 0.131. The average molecular weight is 243 g/mol. The summed E-state index contributed by atoms with van der Waals surface area (Å²) in [5.74, 6) is -1.01. The highest BCUT2D eigenvalue weighted by Crippen LogP contribution is 2.09. The van der Waals surface area contributed by atoms with Crippen molar-refractivity contribution in [1.29, 1.82) is 0 Å². The molecule has 6 nitrogen and oxygen atoms in total. The van der Waals surface area contributed by atoms with E-state index < -0.39 is 17.5 Å². The van der Waals surface area contributed by atoms with Gasteiger partial charge < -0.3 is 21.1 Å².